The molecule has 54 heavy (non-hydrogen) atoms. The van der Waals surface area contributed by atoms with Gasteiger partial charge in [0, 0.05) is 48.0 Å². The van der Waals surface area contributed by atoms with Gasteiger partial charge in [-0.1, -0.05) is 170 Å². The zero-order chi connectivity index (χ0) is 36.2. The number of aliphatic imine (C=N–C) groups is 1. The van der Waals surface area contributed by atoms with Gasteiger partial charge in [-0.2, -0.15) is 0 Å². The average Bonchev–Trinajstić information content (AvgIpc) is 3.58. The lowest BCUT2D eigenvalue weighted by atomic mass is 9.91. The zero-order valence-corrected chi connectivity index (χ0v) is 30.9. The Balaban J connectivity index is 1.28. The van der Waals surface area contributed by atoms with E-state index in [1.165, 1.54) is 64.0 Å². The van der Waals surface area contributed by atoms with Crippen molar-refractivity contribution < 1.29 is 0 Å². The summed E-state index contributed by atoms with van der Waals surface area (Å²) in [5.41, 5.74) is 17.3. The lowest BCUT2D eigenvalue weighted by Crippen LogP contribution is -2.02. The second-order valence-corrected chi connectivity index (χ2v) is 15.0. The Bertz CT molecular complexity index is 3060. The smallest absolute Gasteiger partial charge is 0.0815 e. The Labute approximate surface area is 319 Å². The van der Waals surface area contributed by atoms with E-state index in [0.717, 1.165) is 44.8 Å². The third-order valence-electron chi connectivity index (χ3n) is 10.8. The van der Waals surface area contributed by atoms with Gasteiger partial charge in [-0.25, -0.2) is 4.99 Å². The fourth-order valence-electron chi connectivity index (χ4n) is 8.21. The van der Waals surface area contributed by atoms with Crippen LogP contribution in [0.1, 0.15) is 30.5 Å². The zero-order valence-electron chi connectivity index (χ0n) is 30.1. The first-order chi connectivity index (χ1) is 26.6. The van der Waals surface area contributed by atoms with Crippen LogP contribution >= 0.6 is 11.3 Å². The molecule has 10 rings (SSSR count). The van der Waals surface area contributed by atoms with Crippen molar-refractivity contribution in [1.82, 2.24) is 0 Å². The topological polar surface area (TPSA) is 12.4 Å². The first-order valence-electron chi connectivity index (χ1n) is 18.5. The summed E-state index contributed by atoms with van der Waals surface area (Å²) in [6.45, 7) is 4.36. The van der Waals surface area contributed by atoms with E-state index in [4.69, 9.17) is 4.99 Å². The largest absolute Gasteiger partial charge is 0.246 e. The lowest BCUT2D eigenvalue weighted by molar-refractivity contribution is 1.43. The van der Waals surface area contributed by atoms with Crippen LogP contribution < -0.4 is 0 Å². The summed E-state index contributed by atoms with van der Waals surface area (Å²) in [7, 11) is 0. The minimum Gasteiger partial charge on any atom is -0.246 e. The minimum absolute atomic E-state index is 0.948. The number of thiophene rings is 1. The van der Waals surface area contributed by atoms with E-state index in [1.54, 1.807) is 0 Å². The van der Waals surface area contributed by atoms with Gasteiger partial charge in [-0.05, 0) is 69.3 Å². The van der Waals surface area contributed by atoms with Gasteiger partial charge in [0.05, 0.1) is 11.4 Å². The molecule has 0 radical (unpaired) electrons. The molecule has 0 unspecified atom stereocenters. The molecule has 0 atom stereocenters. The van der Waals surface area contributed by atoms with Crippen molar-refractivity contribution in [2.75, 3.05) is 0 Å². The quantitative estimate of drug-likeness (QED) is 0.158. The summed E-state index contributed by atoms with van der Waals surface area (Å²) in [5, 5.41) is 7.54. The van der Waals surface area contributed by atoms with E-state index in [0.29, 0.717) is 0 Å². The Hall–Kier alpha value is -6.57. The molecule has 0 saturated carbocycles. The van der Waals surface area contributed by atoms with Crippen molar-refractivity contribution in [3.05, 3.63) is 209 Å². The molecule has 1 nitrogen and oxygen atoms in total. The van der Waals surface area contributed by atoms with Gasteiger partial charge in [0.1, 0.15) is 0 Å². The standard InChI is InChI=1S/C52H35NS/c1-33-31-46(36-19-8-4-9-20-36)34(2)50(53-49(33)37-21-10-5-11-22-37)47-32-38-23-12-13-24-40(38)48-45-28-16-27-44(51(45)54-52(47)48)43-30-29-39(35-17-6-3-7-18-35)41-25-14-15-26-42(41)43/h3-30,32H,1-2H3. The number of benzene rings is 8. The summed E-state index contributed by atoms with van der Waals surface area (Å²) < 4.78 is 2.54. The molecule has 8 aromatic carbocycles. The molecule has 0 fully saturated rings. The Kier molecular flexibility index (Phi) is 7.81. The molecule has 1 aromatic heterocycles. The SMILES string of the molecule is CC1=C=C(c2ccccc2)C(C)=C(c2cc3ccccc3c3c2sc2c(-c4ccc(-c5ccccc5)c5ccccc45)cccc23)N=C1c1ccccc1. The van der Waals surface area contributed by atoms with Crippen LogP contribution in [0.15, 0.2) is 198 Å². The van der Waals surface area contributed by atoms with Gasteiger partial charge >= 0.3 is 0 Å². The molecule has 1 aliphatic rings. The average molecular weight is 706 g/mol. The van der Waals surface area contributed by atoms with Crippen LogP contribution in [0.4, 0.5) is 0 Å². The van der Waals surface area contributed by atoms with E-state index < -0.39 is 0 Å². The lowest BCUT2D eigenvalue weighted by Gasteiger charge is -2.14. The second-order valence-electron chi connectivity index (χ2n) is 14.0. The maximum Gasteiger partial charge on any atom is 0.0815 e. The molecule has 0 saturated heterocycles. The number of nitrogens with zero attached hydrogens (tertiary/aromatic N) is 1. The Morgan fingerprint density at radius 1 is 0.444 bits per heavy atom. The van der Waals surface area contributed by atoms with Crippen LogP contribution in [0, 0.1) is 0 Å². The van der Waals surface area contributed by atoms with Crippen LogP contribution in [0.25, 0.3) is 75.2 Å². The molecule has 254 valence electrons. The molecule has 0 aliphatic carbocycles. The van der Waals surface area contributed by atoms with Crippen molar-refractivity contribution in [2.45, 2.75) is 13.8 Å². The summed E-state index contributed by atoms with van der Waals surface area (Å²) in [6.07, 6.45) is 0. The molecule has 0 spiro atoms. The first-order valence-corrected chi connectivity index (χ1v) is 19.3. The van der Waals surface area contributed by atoms with Crippen molar-refractivity contribution in [2.24, 2.45) is 4.99 Å². The monoisotopic (exact) mass is 705 g/mol. The van der Waals surface area contributed by atoms with Crippen LogP contribution in [0.3, 0.4) is 0 Å². The summed E-state index contributed by atoms with van der Waals surface area (Å²) in [5.74, 6) is 0. The van der Waals surface area contributed by atoms with Gasteiger partial charge in [0.2, 0.25) is 0 Å². The number of hydrogen-bond acceptors (Lipinski definition) is 2. The predicted octanol–water partition coefficient (Wildman–Crippen LogP) is 14.6. The third kappa shape index (κ3) is 5.27. The highest BCUT2D eigenvalue weighted by molar-refractivity contribution is 7.26. The van der Waals surface area contributed by atoms with Crippen molar-refractivity contribution in [3.8, 4) is 22.3 Å². The van der Waals surface area contributed by atoms with Crippen LogP contribution in [-0.2, 0) is 0 Å². The highest BCUT2D eigenvalue weighted by Gasteiger charge is 2.23. The van der Waals surface area contributed by atoms with E-state index in [1.807, 2.05) is 11.3 Å². The molecular formula is C52H35NS. The maximum atomic E-state index is 5.62. The van der Waals surface area contributed by atoms with E-state index in [-0.39, 0.29) is 0 Å². The predicted molar refractivity (Wildman–Crippen MR) is 233 cm³/mol. The maximum absolute atomic E-state index is 5.62. The first kappa shape index (κ1) is 32.1. The normalized spacial score (nSPS) is 13.3. The van der Waals surface area contributed by atoms with Gasteiger partial charge in [-0.3, -0.25) is 0 Å². The molecule has 2 heterocycles. The fraction of sp³-hybridized carbons (Fsp3) is 0.0385. The molecule has 0 amide bonds. The third-order valence-corrected chi connectivity index (χ3v) is 12.0. The van der Waals surface area contributed by atoms with E-state index in [9.17, 15) is 0 Å². The molecule has 1 aliphatic heterocycles. The van der Waals surface area contributed by atoms with E-state index >= 15 is 0 Å². The van der Waals surface area contributed by atoms with Crippen molar-refractivity contribution in [1.29, 1.82) is 0 Å². The highest BCUT2D eigenvalue weighted by atomic mass is 32.1. The molecular weight excluding hydrogens is 671 g/mol. The summed E-state index contributed by atoms with van der Waals surface area (Å²) in [4.78, 5) is 5.62. The van der Waals surface area contributed by atoms with Crippen LogP contribution in [0.2, 0.25) is 0 Å². The highest BCUT2D eigenvalue weighted by Crippen LogP contribution is 2.49. The van der Waals surface area contributed by atoms with Gasteiger partial charge in [-0.15, -0.1) is 17.1 Å². The van der Waals surface area contributed by atoms with E-state index in [2.05, 4.69) is 196 Å². The molecule has 9 aromatic rings. The molecule has 0 bridgehead atoms. The number of hydrogen-bond donors (Lipinski definition) is 0. The number of fused-ring (bicyclic) bond motifs is 6. The van der Waals surface area contributed by atoms with Gasteiger partial charge in [0.15, 0.2) is 0 Å². The minimum atomic E-state index is 0.948. The van der Waals surface area contributed by atoms with Crippen molar-refractivity contribution in [3.63, 3.8) is 0 Å². The van der Waals surface area contributed by atoms with Crippen LogP contribution in [-0.4, -0.2) is 5.71 Å². The van der Waals surface area contributed by atoms with Gasteiger partial charge in [0.25, 0.3) is 0 Å². The van der Waals surface area contributed by atoms with Gasteiger partial charge < -0.3 is 0 Å². The number of rotatable bonds is 5. The Morgan fingerprint density at radius 2 is 1.02 bits per heavy atom. The fourth-order valence-corrected chi connectivity index (χ4v) is 9.57. The Morgan fingerprint density at radius 3 is 1.74 bits per heavy atom. The summed E-state index contributed by atoms with van der Waals surface area (Å²) >= 11 is 1.89. The van der Waals surface area contributed by atoms with Crippen molar-refractivity contribution >= 4 is 70.0 Å². The van der Waals surface area contributed by atoms with Crippen LogP contribution in [0.5, 0.6) is 0 Å². The number of allylic oxidation sites excluding steroid dienone is 2. The molecule has 2 heteroatoms. The second kappa shape index (κ2) is 13.1. The molecule has 0 N–H and O–H groups in total. The summed E-state index contributed by atoms with van der Waals surface area (Å²) in [6, 6.07) is 63.4.